The third-order valence-electron chi connectivity index (χ3n) is 2.82. The molecule has 0 aliphatic heterocycles. The number of carbonyl (C=O) groups is 1. The van der Waals surface area contributed by atoms with Gasteiger partial charge in [-0.3, -0.25) is 9.20 Å². The highest BCUT2D eigenvalue weighted by Crippen LogP contribution is 2.24. The van der Waals surface area contributed by atoms with Gasteiger partial charge in [-0.15, -0.1) is 16.4 Å². The number of nitrogens with zero attached hydrogens (tertiary/aromatic N) is 5. The van der Waals surface area contributed by atoms with Gasteiger partial charge < -0.3 is 5.32 Å². The number of nitrogens with one attached hydrogen (secondary N) is 1. The second kappa shape index (κ2) is 5.20. The largest absolute Gasteiger partial charge is 0.307 e. The fraction of sp³-hybridized carbons (Fsp3) is 0.273. The number of fused-ring (bicyclic) bond motifs is 1. The Balaban J connectivity index is 1.73. The van der Waals surface area contributed by atoms with Crippen molar-refractivity contribution >= 4 is 28.0 Å². The van der Waals surface area contributed by atoms with Crippen LogP contribution in [0.2, 0.25) is 0 Å². The molecule has 1 N–H and O–H groups in total. The van der Waals surface area contributed by atoms with E-state index in [-0.39, 0.29) is 12.2 Å². The highest BCUT2D eigenvalue weighted by Gasteiger charge is 2.22. The molecule has 0 radical (unpaired) electrons. The van der Waals surface area contributed by atoms with Gasteiger partial charge in [-0.05, 0) is 0 Å². The molecule has 0 aliphatic carbocycles. The maximum absolute atomic E-state index is 12.8. The molecule has 1 amide bonds. The van der Waals surface area contributed by atoms with Gasteiger partial charge in [0.15, 0.2) is 10.8 Å². The second-order valence-corrected chi connectivity index (χ2v) is 5.17. The molecule has 0 saturated carbocycles. The van der Waals surface area contributed by atoms with E-state index < -0.39 is 18.0 Å². The maximum atomic E-state index is 12.8. The van der Waals surface area contributed by atoms with E-state index >= 15 is 0 Å². The van der Waals surface area contributed by atoms with Crippen LogP contribution in [0.25, 0.3) is 4.96 Å². The van der Waals surface area contributed by atoms with Crippen LogP contribution in [0.4, 0.5) is 14.6 Å². The predicted octanol–water partition coefficient (Wildman–Crippen LogP) is 1.64. The van der Waals surface area contributed by atoms with E-state index in [1.54, 1.807) is 10.6 Å². The molecule has 7 nitrogen and oxygen atoms in total. The van der Waals surface area contributed by atoms with Gasteiger partial charge in [0.05, 0.1) is 12.1 Å². The average Bonchev–Trinajstić information content (AvgIpc) is 3.04. The molecule has 0 bridgehead atoms. The number of carbonyl (C=O) groups excluding carboxylic acids is 1. The molecule has 3 heterocycles. The van der Waals surface area contributed by atoms with Crippen molar-refractivity contribution in [2.45, 2.75) is 12.8 Å². The minimum atomic E-state index is -2.77. The van der Waals surface area contributed by atoms with Crippen molar-refractivity contribution in [2.75, 3.05) is 5.32 Å². The number of amides is 1. The molecule has 110 valence electrons. The van der Waals surface area contributed by atoms with E-state index in [1.807, 2.05) is 11.6 Å². The van der Waals surface area contributed by atoms with Crippen molar-refractivity contribution in [3.63, 3.8) is 0 Å². The molecule has 3 aromatic rings. The lowest BCUT2D eigenvalue weighted by Gasteiger charge is -2.04. The number of imidazole rings is 1. The first kappa shape index (κ1) is 13.6. The number of aromatic nitrogens is 5. The average molecular weight is 312 g/mol. The molecule has 3 rings (SSSR count). The number of anilines is 1. The van der Waals surface area contributed by atoms with Crippen LogP contribution in [0.3, 0.4) is 0 Å². The fourth-order valence-corrected chi connectivity index (χ4v) is 2.62. The lowest BCUT2D eigenvalue weighted by atomic mass is 10.3. The van der Waals surface area contributed by atoms with E-state index in [9.17, 15) is 13.6 Å². The molecule has 21 heavy (non-hydrogen) atoms. The summed E-state index contributed by atoms with van der Waals surface area (Å²) in [6.07, 6.45) is 0.758. The number of hydrogen-bond donors (Lipinski definition) is 1. The highest BCUT2D eigenvalue weighted by molar-refractivity contribution is 7.15. The van der Waals surface area contributed by atoms with Gasteiger partial charge in [0.25, 0.3) is 6.43 Å². The molecule has 3 aromatic heterocycles. The summed E-state index contributed by atoms with van der Waals surface area (Å²) >= 11 is 1.44. The summed E-state index contributed by atoms with van der Waals surface area (Å²) in [5.41, 5.74) is 0.135. The Morgan fingerprint density at radius 1 is 1.52 bits per heavy atom. The molecule has 0 fully saturated rings. The van der Waals surface area contributed by atoms with Crippen LogP contribution < -0.4 is 5.32 Å². The van der Waals surface area contributed by atoms with E-state index in [1.165, 1.54) is 18.4 Å². The zero-order chi connectivity index (χ0) is 15.0. The molecule has 0 unspecified atom stereocenters. The monoisotopic (exact) mass is 312 g/mol. The van der Waals surface area contributed by atoms with Crippen molar-refractivity contribution < 1.29 is 13.6 Å². The highest BCUT2D eigenvalue weighted by atomic mass is 32.1. The van der Waals surface area contributed by atoms with Gasteiger partial charge >= 0.3 is 0 Å². The number of hydrogen-bond acceptors (Lipinski definition) is 5. The lowest BCUT2D eigenvalue weighted by molar-refractivity contribution is -0.115. The first-order valence-corrected chi connectivity index (χ1v) is 6.81. The van der Waals surface area contributed by atoms with Gasteiger partial charge in [0.1, 0.15) is 5.69 Å². The number of halogens is 2. The van der Waals surface area contributed by atoms with Crippen LogP contribution in [0, 0.1) is 0 Å². The first-order chi connectivity index (χ1) is 10.0. The van der Waals surface area contributed by atoms with Gasteiger partial charge in [-0.25, -0.2) is 18.4 Å². The third kappa shape index (κ3) is 2.61. The summed E-state index contributed by atoms with van der Waals surface area (Å²) in [5.74, 6) is -0.693. The molecule has 0 aliphatic rings. The molecular formula is C11H10F2N6OS. The second-order valence-electron chi connectivity index (χ2n) is 4.30. The van der Waals surface area contributed by atoms with E-state index in [2.05, 4.69) is 20.6 Å². The van der Waals surface area contributed by atoms with Crippen LogP contribution in [0.15, 0.2) is 17.8 Å². The summed E-state index contributed by atoms with van der Waals surface area (Å²) < 4.78 is 28.4. The first-order valence-electron chi connectivity index (χ1n) is 5.93. The Kier molecular flexibility index (Phi) is 3.37. The Bertz CT molecular complexity index is 763. The number of aryl methyl sites for hydroxylation is 1. The summed E-state index contributed by atoms with van der Waals surface area (Å²) in [7, 11) is 1.34. The van der Waals surface area contributed by atoms with Crippen LogP contribution in [0.5, 0.6) is 0 Å². The van der Waals surface area contributed by atoms with Gasteiger partial charge in [-0.2, -0.15) is 0 Å². The fourth-order valence-electron chi connectivity index (χ4n) is 1.90. The molecule has 0 saturated heterocycles. The van der Waals surface area contributed by atoms with Crippen molar-refractivity contribution in [1.82, 2.24) is 24.4 Å². The van der Waals surface area contributed by atoms with Crippen molar-refractivity contribution in [2.24, 2.45) is 7.05 Å². The van der Waals surface area contributed by atoms with E-state index in [0.29, 0.717) is 5.69 Å². The predicted molar refractivity (Wildman–Crippen MR) is 71.4 cm³/mol. The zero-order valence-corrected chi connectivity index (χ0v) is 11.6. The molecule has 10 heteroatoms. The summed E-state index contributed by atoms with van der Waals surface area (Å²) in [6.45, 7) is 0. The molecule has 0 atom stereocenters. The number of alkyl halides is 2. The molecule has 0 aromatic carbocycles. The van der Waals surface area contributed by atoms with E-state index in [4.69, 9.17) is 0 Å². The normalized spacial score (nSPS) is 11.4. The van der Waals surface area contributed by atoms with Gasteiger partial charge in [-0.1, -0.05) is 5.21 Å². The topological polar surface area (TPSA) is 77.1 Å². The van der Waals surface area contributed by atoms with Gasteiger partial charge in [0, 0.05) is 24.8 Å². The summed E-state index contributed by atoms with van der Waals surface area (Å²) in [5, 5.41) is 11.2. The quantitative estimate of drug-likeness (QED) is 0.794. The third-order valence-corrected chi connectivity index (χ3v) is 3.59. The standard InChI is InChI=1S/C11H10F2N6OS/c1-18-8(9(12)13)10(16-17-18)15-7(20)4-6-5-19-2-3-21-11(19)14-6/h2-3,5,9H,4H2,1H3,(H,15,20). The lowest BCUT2D eigenvalue weighted by Crippen LogP contribution is -2.16. The SMILES string of the molecule is Cn1nnc(NC(=O)Cc2cn3ccsc3n2)c1C(F)F. The van der Waals surface area contributed by atoms with Crippen molar-refractivity contribution in [3.05, 3.63) is 29.2 Å². The van der Waals surface area contributed by atoms with Crippen molar-refractivity contribution in [1.29, 1.82) is 0 Å². The minimum Gasteiger partial charge on any atom is -0.307 e. The Morgan fingerprint density at radius 2 is 2.33 bits per heavy atom. The smallest absolute Gasteiger partial charge is 0.283 e. The van der Waals surface area contributed by atoms with Crippen LogP contribution in [-0.4, -0.2) is 30.3 Å². The number of thiazole rings is 1. The van der Waals surface area contributed by atoms with Gasteiger partial charge in [0.2, 0.25) is 5.91 Å². The molecule has 0 spiro atoms. The van der Waals surface area contributed by atoms with Crippen LogP contribution in [-0.2, 0) is 18.3 Å². The van der Waals surface area contributed by atoms with Crippen LogP contribution in [0.1, 0.15) is 17.8 Å². The Labute approximate surface area is 121 Å². The Morgan fingerprint density at radius 3 is 3.05 bits per heavy atom. The van der Waals surface area contributed by atoms with E-state index in [0.717, 1.165) is 9.64 Å². The summed E-state index contributed by atoms with van der Waals surface area (Å²) in [4.78, 5) is 16.9. The number of rotatable bonds is 4. The van der Waals surface area contributed by atoms with Crippen molar-refractivity contribution in [3.8, 4) is 0 Å². The minimum absolute atomic E-state index is 0.0202. The van der Waals surface area contributed by atoms with Crippen LogP contribution >= 0.6 is 11.3 Å². The zero-order valence-electron chi connectivity index (χ0n) is 10.8. The Hall–Kier alpha value is -2.36. The summed E-state index contributed by atoms with van der Waals surface area (Å²) in [6, 6.07) is 0. The maximum Gasteiger partial charge on any atom is 0.283 e. The molecular weight excluding hydrogens is 302 g/mol.